The van der Waals surface area contributed by atoms with E-state index >= 15 is 0 Å². The number of likely N-dealkylation sites (tertiary alicyclic amines) is 1. The van der Waals surface area contributed by atoms with Crippen molar-refractivity contribution in [1.82, 2.24) is 24.3 Å². The Morgan fingerprint density at radius 3 is 2.74 bits per heavy atom. The van der Waals surface area contributed by atoms with Crippen LogP contribution < -0.4 is 4.90 Å². The molecule has 0 unspecified atom stereocenters. The summed E-state index contributed by atoms with van der Waals surface area (Å²) >= 11 is 0. The molecular formula is C23H32N6O2. The number of hydrogen-bond donors (Lipinski definition) is 0. The molecule has 31 heavy (non-hydrogen) atoms. The standard InChI is InChI=1S/C23H32N6O2/c1-3-31-22(30)29-15-23(16-29)7-6-19(13-23)26-9-11-27(12-10-26)21-20(5-4-8-24-21)28-14-18(2)25-17-28/h4-5,8,14,17,19H,3,6-7,9-13,15-16H2,1-2H3/t19-/m1/s1. The molecule has 1 saturated carbocycles. The van der Waals surface area contributed by atoms with Crippen LogP contribution in [0, 0.1) is 12.3 Å². The molecule has 0 bridgehead atoms. The van der Waals surface area contributed by atoms with Crippen LogP contribution in [0.3, 0.4) is 0 Å². The maximum Gasteiger partial charge on any atom is 0.409 e. The summed E-state index contributed by atoms with van der Waals surface area (Å²) in [6, 6.07) is 4.73. The van der Waals surface area contributed by atoms with E-state index in [0.29, 0.717) is 18.1 Å². The number of imidazole rings is 1. The minimum atomic E-state index is -0.149. The molecule has 2 saturated heterocycles. The summed E-state index contributed by atoms with van der Waals surface area (Å²) in [7, 11) is 0. The van der Waals surface area contributed by atoms with Gasteiger partial charge in [0.2, 0.25) is 0 Å². The molecule has 3 fully saturated rings. The van der Waals surface area contributed by atoms with E-state index in [1.807, 2.05) is 43.5 Å². The zero-order chi connectivity index (χ0) is 21.4. The van der Waals surface area contributed by atoms with Gasteiger partial charge < -0.3 is 19.1 Å². The summed E-state index contributed by atoms with van der Waals surface area (Å²) in [5, 5.41) is 0. The van der Waals surface area contributed by atoms with Crippen molar-refractivity contribution in [2.24, 2.45) is 5.41 Å². The largest absolute Gasteiger partial charge is 0.450 e. The van der Waals surface area contributed by atoms with Crippen LogP contribution in [0.2, 0.25) is 0 Å². The molecule has 1 amide bonds. The lowest BCUT2D eigenvalue weighted by Gasteiger charge is -2.48. The average Bonchev–Trinajstić information content (AvgIpc) is 3.40. The van der Waals surface area contributed by atoms with E-state index in [9.17, 15) is 4.79 Å². The number of nitrogens with zero attached hydrogens (tertiary/aromatic N) is 6. The van der Waals surface area contributed by atoms with Crippen molar-refractivity contribution in [1.29, 1.82) is 0 Å². The summed E-state index contributed by atoms with van der Waals surface area (Å²) in [5.74, 6) is 1.03. The molecule has 3 aliphatic rings. The summed E-state index contributed by atoms with van der Waals surface area (Å²) in [5.41, 5.74) is 2.42. The summed E-state index contributed by atoms with van der Waals surface area (Å²) in [4.78, 5) is 27.9. The van der Waals surface area contributed by atoms with Crippen LogP contribution in [-0.4, -0.2) is 82.3 Å². The highest BCUT2D eigenvalue weighted by molar-refractivity contribution is 5.69. The number of carbonyl (C=O) groups excluding carboxylic acids is 1. The van der Waals surface area contributed by atoms with Gasteiger partial charge in [0.1, 0.15) is 0 Å². The fraction of sp³-hybridized carbons (Fsp3) is 0.609. The molecule has 8 nitrogen and oxygen atoms in total. The fourth-order valence-electron chi connectivity index (χ4n) is 5.57. The summed E-state index contributed by atoms with van der Waals surface area (Å²) < 4.78 is 7.21. The first kappa shape index (κ1) is 20.3. The lowest BCUT2D eigenvalue weighted by molar-refractivity contribution is -0.00294. The Bertz CT molecular complexity index is 930. The third kappa shape index (κ3) is 3.89. The van der Waals surface area contributed by atoms with Crippen LogP contribution in [0.4, 0.5) is 10.6 Å². The minimum absolute atomic E-state index is 0.149. The number of hydrogen-bond acceptors (Lipinski definition) is 6. The van der Waals surface area contributed by atoms with E-state index in [0.717, 1.165) is 56.5 Å². The summed E-state index contributed by atoms with van der Waals surface area (Å²) in [6.45, 7) is 10.1. The number of ether oxygens (including phenoxy) is 1. The molecule has 166 valence electrons. The van der Waals surface area contributed by atoms with Gasteiger partial charge in [-0.2, -0.15) is 0 Å². The first-order chi connectivity index (χ1) is 15.1. The van der Waals surface area contributed by atoms with Crippen LogP contribution >= 0.6 is 0 Å². The fourth-order valence-corrected chi connectivity index (χ4v) is 5.57. The number of pyridine rings is 1. The highest BCUT2D eigenvalue weighted by Gasteiger charge is 2.51. The van der Waals surface area contributed by atoms with E-state index in [1.54, 1.807) is 0 Å². The lowest BCUT2D eigenvalue weighted by atomic mass is 9.78. The zero-order valence-electron chi connectivity index (χ0n) is 18.5. The molecule has 1 spiro atoms. The Labute approximate surface area is 183 Å². The summed E-state index contributed by atoms with van der Waals surface area (Å²) in [6.07, 6.45) is 9.30. The average molecular weight is 425 g/mol. The minimum Gasteiger partial charge on any atom is -0.450 e. The Hall–Kier alpha value is -2.61. The van der Waals surface area contributed by atoms with Gasteiger partial charge in [0, 0.05) is 63.1 Å². The van der Waals surface area contributed by atoms with E-state index in [4.69, 9.17) is 9.72 Å². The number of aromatic nitrogens is 3. The molecule has 1 aliphatic carbocycles. The maximum absolute atomic E-state index is 11.9. The topological polar surface area (TPSA) is 66.7 Å². The molecule has 1 atom stereocenters. The Balaban J connectivity index is 1.18. The van der Waals surface area contributed by atoms with Crippen molar-refractivity contribution >= 4 is 11.9 Å². The predicted octanol–water partition coefficient (Wildman–Crippen LogP) is 2.71. The zero-order valence-corrected chi connectivity index (χ0v) is 18.5. The van der Waals surface area contributed by atoms with Gasteiger partial charge in [0.15, 0.2) is 5.82 Å². The molecule has 2 aromatic rings. The molecule has 8 heteroatoms. The number of rotatable bonds is 4. The first-order valence-corrected chi connectivity index (χ1v) is 11.4. The highest BCUT2D eigenvalue weighted by atomic mass is 16.6. The third-order valence-corrected chi connectivity index (χ3v) is 7.14. The van der Waals surface area contributed by atoms with Crippen LogP contribution in [-0.2, 0) is 4.74 Å². The van der Waals surface area contributed by atoms with Gasteiger partial charge in [-0.25, -0.2) is 14.8 Å². The van der Waals surface area contributed by atoms with Crippen LogP contribution in [0.15, 0.2) is 30.9 Å². The van der Waals surface area contributed by atoms with Gasteiger partial charge >= 0.3 is 6.09 Å². The number of carbonyl (C=O) groups is 1. The lowest BCUT2D eigenvalue weighted by Crippen LogP contribution is -2.58. The van der Waals surface area contributed by atoms with Gasteiger partial charge in [-0.05, 0) is 45.2 Å². The Kier molecular flexibility index (Phi) is 5.33. The van der Waals surface area contributed by atoms with Gasteiger partial charge in [-0.3, -0.25) is 4.90 Å². The van der Waals surface area contributed by atoms with Crippen LogP contribution in [0.5, 0.6) is 0 Å². The number of anilines is 1. The number of amides is 1. The highest BCUT2D eigenvalue weighted by Crippen LogP contribution is 2.47. The first-order valence-electron chi connectivity index (χ1n) is 11.4. The number of aryl methyl sites for hydroxylation is 1. The van der Waals surface area contributed by atoms with Crippen molar-refractivity contribution in [3.8, 4) is 5.69 Å². The maximum atomic E-state index is 11.9. The van der Waals surface area contributed by atoms with Crippen molar-refractivity contribution in [2.75, 3.05) is 50.8 Å². The third-order valence-electron chi connectivity index (χ3n) is 7.14. The SMILES string of the molecule is CCOC(=O)N1CC2(CC[C@@H](N3CCN(c4ncccc4-n4cnc(C)c4)CC3)C2)C1. The molecule has 0 radical (unpaired) electrons. The van der Waals surface area contributed by atoms with Crippen molar-refractivity contribution in [3.05, 3.63) is 36.5 Å². The van der Waals surface area contributed by atoms with Crippen molar-refractivity contribution < 1.29 is 9.53 Å². The second-order valence-corrected chi connectivity index (χ2v) is 9.24. The molecule has 2 aliphatic heterocycles. The van der Waals surface area contributed by atoms with Gasteiger partial charge in [-0.1, -0.05) is 0 Å². The molecule has 5 rings (SSSR count). The van der Waals surface area contributed by atoms with E-state index < -0.39 is 0 Å². The monoisotopic (exact) mass is 424 g/mol. The Morgan fingerprint density at radius 2 is 2.03 bits per heavy atom. The van der Waals surface area contributed by atoms with E-state index in [1.165, 1.54) is 19.3 Å². The number of piperazine rings is 1. The second-order valence-electron chi connectivity index (χ2n) is 9.24. The molecule has 0 N–H and O–H groups in total. The predicted molar refractivity (Wildman–Crippen MR) is 119 cm³/mol. The van der Waals surface area contributed by atoms with Crippen LogP contribution in [0.1, 0.15) is 31.9 Å². The van der Waals surface area contributed by atoms with Crippen molar-refractivity contribution in [3.63, 3.8) is 0 Å². The second kappa shape index (κ2) is 8.15. The molecule has 4 heterocycles. The van der Waals surface area contributed by atoms with E-state index in [-0.39, 0.29) is 6.09 Å². The normalized spacial score (nSPS) is 23.2. The molecule has 2 aromatic heterocycles. The quantitative estimate of drug-likeness (QED) is 0.752. The molecular weight excluding hydrogens is 392 g/mol. The smallest absolute Gasteiger partial charge is 0.409 e. The van der Waals surface area contributed by atoms with Crippen LogP contribution in [0.25, 0.3) is 5.69 Å². The van der Waals surface area contributed by atoms with Gasteiger partial charge in [0.25, 0.3) is 0 Å². The van der Waals surface area contributed by atoms with Crippen molar-refractivity contribution in [2.45, 2.75) is 39.2 Å². The Morgan fingerprint density at radius 1 is 1.23 bits per heavy atom. The van der Waals surface area contributed by atoms with Gasteiger partial charge in [-0.15, -0.1) is 0 Å². The van der Waals surface area contributed by atoms with E-state index in [2.05, 4.69) is 25.4 Å². The molecule has 0 aromatic carbocycles. The van der Waals surface area contributed by atoms with Gasteiger partial charge in [0.05, 0.1) is 24.3 Å².